The van der Waals surface area contributed by atoms with Gasteiger partial charge in [-0.2, -0.15) is 0 Å². The van der Waals surface area contributed by atoms with Crippen LogP contribution in [0.1, 0.15) is 42.1 Å². The third kappa shape index (κ3) is 4.17. The molecule has 1 aromatic heterocycles. The van der Waals surface area contributed by atoms with E-state index in [-0.39, 0.29) is 18.7 Å². The maximum absolute atomic E-state index is 13.0. The molecule has 1 heterocycles. The van der Waals surface area contributed by atoms with Crippen molar-refractivity contribution in [3.63, 3.8) is 0 Å². The van der Waals surface area contributed by atoms with Crippen molar-refractivity contribution in [2.75, 3.05) is 18.5 Å². The van der Waals surface area contributed by atoms with Crippen LogP contribution >= 0.6 is 0 Å². The first-order valence-corrected chi connectivity index (χ1v) is 8.88. The van der Waals surface area contributed by atoms with E-state index in [0.29, 0.717) is 13.0 Å². The molecule has 1 unspecified atom stereocenters. The van der Waals surface area contributed by atoms with Crippen LogP contribution in [0.15, 0.2) is 42.6 Å². The van der Waals surface area contributed by atoms with Crippen molar-refractivity contribution in [3.05, 3.63) is 59.4 Å². The molecule has 3 rings (SSSR count). The molecule has 0 radical (unpaired) electrons. The Morgan fingerprint density at radius 1 is 1.36 bits per heavy atom. The molecule has 1 aliphatic carbocycles. The lowest BCUT2D eigenvalue weighted by molar-refractivity contribution is 0.169. The van der Waals surface area contributed by atoms with Crippen molar-refractivity contribution in [1.82, 2.24) is 9.88 Å². The highest BCUT2D eigenvalue weighted by Gasteiger charge is 2.28. The topological polar surface area (TPSA) is 65.5 Å². The summed E-state index contributed by atoms with van der Waals surface area (Å²) < 4.78 is 0. The fourth-order valence-electron chi connectivity index (χ4n) is 3.51. The minimum absolute atomic E-state index is 0.0550. The predicted octanol–water partition coefficient (Wildman–Crippen LogP) is 3.68. The van der Waals surface area contributed by atoms with Crippen molar-refractivity contribution in [3.8, 4) is 0 Å². The average Bonchev–Trinajstić information content (AvgIpc) is 2.62. The number of aliphatic hydroxyl groups is 1. The summed E-state index contributed by atoms with van der Waals surface area (Å²) in [4.78, 5) is 19.0. The largest absolute Gasteiger partial charge is 0.396 e. The number of anilines is 1. The van der Waals surface area contributed by atoms with Crippen LogP contribution in [-0.2, 0) is 6.42 Å². The Kier molecular flexibility index (Phi) is 5.66. The van der Waals surface area contributed by atoms with E-state index in [1.54, 1.807) is 12.3 Å². The van der Waals surface area contributed by atoms with Gasteiger partial charge in [-0.05, 0) is 55.9 Å². The minimum Gasteiger partial charge on any atom is -0.396 e. The number of nitrogens with one attached hydrogen (secondary N) is 1. The number of urea groups is 1. The van der Waals surface area contributed by atoms with Crippen LogP contribution in [0.3, 0.4) is 0 Å². The van der Waals surface area contributed by atoms with E-state index < -0.39 is 0 Å². The number of aromatic nitrogens is 1. The number of carbonyl (C=O) groups is 1. The van der Waals surface area contributed by atoms with Crippen LogP contribution < -0.4 is 5.32 Å². The molecular formula is C20H25N3O2. The van der Waals surface area contributed by atoms with Gasteiger partial charge in [0.15, 0.2) is 0 Å². The molecule has 1 aromatic carbocycles. The molecule has 2 amide bonds. The number of pyridine rings is 1. The second-order valence-electron chi connectivity index (χ2n) is 6.49. The van der Waals surface area contributed by atoms with E-state index in [0.717, 1.165) is 30.6 Å². The lowest BCUT2D eigenvalue weighted by Gasteiger charge is -2.36. The number of nitrogens with zero attached hydrogens (tertiary/aromatic N) is 2. The lowest BCUT2D eigenvalue weighted by Crippen LogP contribution is -2.40. The van der Waals surface area contributed by atoms with Crippen molar-refractivity contribution in [2.45, 2.75) is 38.6 Å². The fraction of sp³-hybridized carbons (Fsp3) is 0.400. The molecule has 0 fully saturated rings. The summed E-state index contributed by atoms with van der Waals surface area (Å²) in [7, 11) is 0. The van der Waals surface area contributed by atoms with Gasteiger partial charge in [0.1, 0.15) is 0 Å². The first-order valence-electron chi connectivity index (χ1n) is 8.88. The third-order valence-electron chi connectivity index (χ3n) is 4.68. The first-order chi connectivity index (χ1) is 12.2. The highest BCUT2D eigenvalue weighted by molar-refractivity contribution is 5.89. The summed E-state index contributed by atoms with van der Waals surface area (Å²) in [6, 6.07) is 11.9. The summed E-state index contributed by atoms with van der Waals surface area (Å²) >= 11 is 0. The molecule has 0 saturated heterocycles. The molecule has 0 bridgehead atoms. The van der Waals surface area contributed by atoms with Crippen LogP contribution in [-0.4, -0.2) is 34.2 Å². The van der Waals surface area contributed by atoms with Crippen molar-refractivity contribution in [2.24, 2.45) is 0 Å². The Hall–Kier alpha value is -2.40. The summed E-state index contributed by atoms with van der Waals surface area (Å²) in [5.41, 5.74) is 4.16. The number of aryl methyl sites for hydroxylation is 2. The molecule has 2 aromatic rings. The monoisotopic (exact) mass is 339 g/mol. The van der Waals surface area contributed by atoms with Crippen LogP contribution in [0.5, 0.6) is 0 Å². The molecule has 132 valence electrons. The van der Waals surface area contributed by atoms with E-state index in [1.165, 1.54) is 11.1 Å². The van der Waals surface area contributed by atoms with E-state index in [9.17, 15) is 9.90 Å². The van der Waals surface area contributed by atoms with E-state index in [4.69, 9.17) is 0 Å². The number of fused-ring (bicyclic) bond motifs is 1. The van der Waals surface area contributed by atoms with Crippen molar-refractivity contribution >= 4 is 11.7 Å². The number of amides is 2. The summed E-state index contributed by atoms with van der Waals surface area (Å²) in [5, 5.41) is 12.2. The quantitative estimate of drug-likeness (QED) is 0.873. The summed E-state index contributed by atoms with van der Waals surface area (Å²) in [6.45, 7) is 2.51. The van der Waals surface area contributed by atoms with Gasteiger partial charge in [0.05, 0.1) is 6.04 Å². The highest BCUT2D eigenvalue weighted by atomic mass is 16.3. The maximum Gasteiger partial charge on any atom is 0.322 e. The zero-order valence-electron chi connectivity index (χ0n) is 14.6. The SMILES string of the molecule is Cc1cc(NC(=O)N(CCCO)C2CCCc3ccccc32)ccn1. The number of aliphatic hydroxyl groups excluding tert-OH is 1. The molecule has 0 spiro atoms. The molecular weight excluding hydrogens is 314 g/mol. The van der Waals surface area contributed by atoms with Crippen LogP contribution in [0, 0.1) is 6.92 Å². The van der Waals surface area contributed by atoms with Gasteiger partial charge in [-0.25, -0.2) is 4.79 Å². The van der Waals surface area contributed by atoms with Crippen molar-refractivity contribution in [1.29, 1.82) is 0 Å². The zero-order valence-corrected chi connectivity index (χ0v) is 14.6. The van der Waals surface area contributed by atoms with E-state index in [2.05, 4.69) is 28.5 Å². The molecule has 25 heavy (non-hydrogen) atoms. The van der Waals surface area contributed by atoms with E-state index in [1.807, 2.05) is 24.0 Å². The Morgan fingerprint density at radius 3 is 3.00 bits per heavy atom. The second-order valence-corrected chi connectivity index (χ2v) is 6.49. The molecule has 5 nitrogen and oxygen atoms in total. The number of benzene rings is 1. The Balaban J connectivity index is 1.83. The zero-order chi connectivity index (χ0) is 17.6. The van der Waals surface area contributed by atoms with Gasteiger partial charge >= 0.3 is 6.03 Å². The number of hydrogen-bond donors (Lipinski definition) is 2. The Morgan fingerprint density at radius 2 is 2.20 bits per heavy atom. The molecule has 1 atom stereocenters. The summed E-state index contributed by atoms with van der Waals surface area (Å²) in [5.74, 6) is 0. The molecule has 2 N–H and O–H groups in total. The van der Waals surface area contributed by atoms with Gasteiger partial charge in [0.25, 0.3) is 0 Å². The normalized spacial score (nSPS) is 16.2. The molecule has 0 saturated carbocycles. The number of hydrogen-bond acceptors (Lipinski definition) is 3. The van der Waals surface area contributed by atoms with Crippen LogP contribution in [0.4, 0.5) is 10.5 Å². The minimum atomic E-state index is -0.124. The van der Waals surface area contributed by atoms with Gasteiger partial charge in [-0.15, -0.1) is 0 Å². The Bertz CT molecular complexity index is 732. The highest BCUT2D eigenvalue weighted by Crippen LogP contribution is 2.34. The Labute approximate surface area is 148 Å². The standard InChI is InChI=1S/C20H25N3O2/c1-15-14-17(10-11-21-15)22-20(25)23(12-5-13-24)19-9-4-7-16-6-2-3-8-18(16)19/h2-3,6,8,10-11,14,19,24H,4-5,7,9,12-13H2,1H3,(H,21,22,25). The smallest absolute Gasteiger partial charge is 0.322 e. The van der Waals surface area contributed by atoms with Crippen molar-refractivity contribution < 1.29 is 9.90 Å². The molecule has 5 heteroatoms. The van der Waals surface area contributed by atoms with Gasteiger partial charge in [-0.1, -0.05) is 24.3 Å². The van der Waals surface area contributed by atoms with Gasteiger partial charge in [-0.3, -0.25) is 4.98 Å². The number of rotatable bonds is 5. The van der Waals surface area contributed by atoms with Crippen LogP contribution in [0.25, 0.3) is 0 Å². The molecule has 0 aliphatic heterocycles. The predicted molar refractivity (Wildman–Crippen MR) is 98.5 cm³/mol. The van der Waals surface area contributed by atoms with Crippen LogP contribution in [0.2, 0.25) is 0 Å². The second kappa shape index (κ2) is 8.12. The molecule has 1 aliphatic rings. The maximum atomic E-state index is 13.0. The lowest BCUT2D eigenvalue weighted by atomic mass is 9.87. The fourth-order valence-corrected chi connectivity index (χ4v) is 3.51. The number of carbonyl (C=O) groups excluding carboxylic acids is 1. The summed E-state index contributed by atoms with van der Waals surface area (Å²) in [6.07, 6.45) is 5.34. The third-order valence-corrected chi connectivity index (χ3v) is 4.68. The van der Waals surface area contributed by atoms with Gasteiger partial charge in [0.2, 0.25) is 0 Å². The van der Waals surface area contributed by atoms with E-state index >= 15 is 0 Å². The first kappa shape index (κ1) is 17.4. The van der Waals surface area contributed by atoms with Gasteiger partial charge in [0, 0.05) is 30.7 Å². The average molecular weight is 339 g/mol. The van der Waals surface area contributed by atoms with Gasteiger partial charge < -0.3 is 15.3 Å².